The Kier molecular flexibility index (Phi) is 2.15. The molecule has 56 valence electrons. The Hall–Kier alpha value is -0.720. The summed E-state index contributed by atoms with van der Waals surface area (Å²) < 4.78 is 0. The molecule has 0 fully saturated rings. The van der Waals surface area contributed by atoms with E-state index in [4.69, 9.17) is 5.73 Å². The highest BCUT2D eigenvalue weighted by molar-refractivity contribution is 5.31. The molecule has 0 bridgehead atoms. The van der Waals surface area contributed by atoms with E-state index in [1.54, 1.807) is 0 Å². The van der Waals surface area contributed by atoms with E-state index >= 15 is 0 Å². The average Bonchev–Trinajstić information content (AvgIpc) is 1.88. The number of allylic oxidation sites excluding steroid dienone is 3. The van der Waals surface area contributed by atoms with Crippen molar-refractivity contribution in [2.75, 3.05) is 0 Å². The molecule has 0 saturated heterocycles. The summed E-state index contributed by atoms with van der Waals surface area (Å²) in [5.74, 6) is 0. The standard InChI is InChI=1S/C9H15N/c1-7(2)8-5-3-4-6-9(8)10/h1,3-6,10H2,2H3. The molecule has 0 aromatic carbocycles. The van der Waals surface area contributed by atoms with Gasteiger partial charge in [-0.2, -0.15) is 0 Å². The van der Waals surface area contributed by atoms with Crippen LogP contribution in [0.5, 0.6) is 0 Å². The zero-order valence-electron chi connectivity index (χ0n) is 6.61. The summed E-state index contributed by atoms with van der Waals surface area (Å²) in [5.41, 5.74) is 9.33. The Labute approximate surface area is 62.6 Å². The van der Waals surface area contributed by atoms with Crippen LogP contribution in [0.4, 0.5) is 0 Å². The van der Waals surface area contributed by atoms with E-state index in [0.717, 1.165) is 24.1 Å². The van der Waals surface area contributed by atoms with Crippen molar-refractivity contribution >= 4 is 0 Å². The first kappa shape index (κ1) is 7.39. The maximum absolute atomic E-state index is 5.80. The SMILES string of the molecule is C=C(C)C1=C(N)CCCC1. The molecule has 0 aromatic heterocycles. The normalized spacial score (nSPS) is 19.3. The lowest BCUT2D eigenvalue weighted by Crippen LogP contribution is -2.07. The first-order valence-electron chi connectivity index (χ1n) is 3.85. The van der Waals surface area contributed by atoms with Crippen molar-refractivity contribution in [3.05, 3.63) is 23.4 Å². The highest BCUT2D eigenvalue weighted by atomic mass is 14.6. The molecule has 0 aliphatic heterocycles. The maximum Gasteiger partial charge on any atom is 0.0115 e. The molecule has 1 aliphatic carbocycles. The van der Waals surface area contributed by atoms with Gasteiger partial charge in [-0.1, -0.05) is 12.2 Å². The van der Waals surface area contributed by atoms with E-state index in [2.05, 4.69) is 6.58 Å². The lowest BCUT2D eigenvalue weighted by atomic mass is 9.93. The van der Waals surface area contributed by atoms with Crippen LogP contribution in [-0.4, -0.2) is 0 Å². The second-order valence-electron chi connectivity index (χ2n) is 2.99. The van der Waals surface area contributed by atoms with E-state index < -0.39 is 0 Å². The highest BCUT2D eigenvalue weighted by Crippen LogP contribution is 2.25. The summed E-state index contributed by atoms with van der Waals surface area (Å²) in [7, 11) is 0. The van der Waals surface area contributed by atoms with Crippen LogP contribution in [0.25, 0.3) is 0 Å². The predicted molar refractivity (Wildman–Crippen MR) is 44.5 cm³/mol. The fourth-order valence-corrected chi connectivity index (χ4v) is 1.42. The molecule has 1 heteroatoms. The lowest BCUT2D eigenvalue weighted by Gasteiger charge is -2.16. The first-order chi connectivity index (χ1) is 4.72. The topological polar surface area (TPSA) is 26.0 Å². The van der Waals surface area contributed by atoms with Crippen molar-refractivity contribution in [3.63, 3.8) is 0 Å². The summed E-state index contributed by atoms with van der Waals surface area (Å²) in [6.07, 6.45) is 4.74. The fourth-order valence-electron chi connectivity index (χ4n) is 1.42. The molecule has 1 rings (SSSR count). The number of nitrogens with two attached hydrogens (primary N) is 1. The van der Waals surface area contributed by atoms with Crippen LogP contribution in [0.1, 0.15) is 32.6 Å². The van der Waals surface area contributed by atoms with Gasteiger partial charge in [-0.25, -0.2) is 0 Å². The second-order valence-corrected chi connectivity index (χ2v) is 2.99. The van der Waals surface area contributed by atoms with Gasteiger partial charge in [-0.15, -0.1) is 0 Å². The third kappa shape index (κ3) is 1.41. The van der Waals surface area contributed by atoms with Crippen molar-refractivity contribution < 1.29 is 0 Å². The number of hydrogen-bond donors (Lipinski definition) is 1. The van der Waals surface area contributed by atoms with Gasteiger partial charge in [0, 0.05) is 5.70 Å². The van der Waals surface area contributed by atoms with E-state index in [1.165, 1.54) is 18.4 Å². The molecule has 0 spiro atoms. The fraction of sp³-hybridized carbons (Fsp3) is 0.556. The van der Waals surface area contributed by atoms with E-state index in [9.17, 15) is 0 Å². The summed E-state index contributed by atoms with van der Waals surface area (Å²) in [6, 6.07) is 0. The quantitative estimate of drug-likeness (QED) is 0.590. The molecule has 0 heterocycles. The van der Waals surface area contributed by atoms with Crippen molar-refractivity contribution in [2.24, 2.45) is 5.73 Å². The van der Waals surface area contributed by atoms with Crippen molar-refractivity contribution in [2.45, 2.75) is 32.6 Å². The minimum atomic E-state index is 1.07. The zero-order chi connectivity index (χ0) is 7.56. The first-order valence-corrected chi connectivity index (χ1v) is 3.85. The monoisotopic (exact) mass is 137 g/mol. The molecule has 0 amide bonds. The van der Waals surface area contributed by atoms with Gasteiger partial charge in [0.15, 0.2) is 0 Å². The Morgan fingerprint density at radius 1 is 1.40 bits per heavy atom. The largest absolute Gasteiger partial charge is 0.402 e. The molecule has 1 nitrogen and oxygen atoms in total. The smallest absolute Gasteiger partial charge is 0.0115 e. The molecule has 0 aromatic rings. The van der Waals surface area contributed by atoms with Gasteiger partial charge in [0.2, 0.25) is 0 Å². The van der Waals surface area contributed by atoms with Crippen molar-refractivity contribution in [3.8, 4) is 0 Å². The van der Waals surface area contributed by atoms with Gasteiger partial charge in [0.25, 0.3) is 0 Å². The van der Waals surface area contributed by atoms with Crippen LogP contribution in [0, 0.1) is 0 Å². The van der Waals surface area contributed by atoms with E-state index in [0.29, 0.717) is 0 Å². The highest BCUT2D eigenvalue weighted by Gasteiger charge is 2.09. The summed E-state index contributed by atoms with van der Waals surface area (Å²) in [4.78, 5) is 0. The number of hydrogen-bond acceptors (Lipinski definition) is 1. The third-order valence-corrected chi connectivity index (χ3v) is 2.03. The van der Waals surface area contributed by atoms with Gasteiger partial charge in [-0.3, -0.25) is 0 Å². The van der Waals surface area contributed by atoms with Crippen LogP contribution >= 0.6 is 0 Å². The Morgan fingerprint density at radius 2 is 2.00 bits per heavy atom. The number of rotatable bonds is 1. The van der Waals surface area contributed by atoms with Crippen LogP contribution in [-0.2, 0) is 0 Å². The molecule has 0 atom stereocenters. The van der Waals surface area contributed by atoms with Gasteiger partial charge >= 0.3 is 0 Å². The predicted octanol–water partition coefficient (Wildman–Crippen LogP) is 2.35. The van der Waals surface area contributed by atoms with Crippen LogP contribution in [0.3, 0.4) is 0 Å². The van der Waals surface area contributed by atoms with Gasteiger partial charge in [-0.05, 0) is 38.2 Å². The summed E-state index contributed by atoms with van der Waals surface area (Å²) in [6.45, 7) is 5.93. The third-order valence-electron chi connectivity index (χ3n) is 2.03. The van der Waals surface area contributed by atoms with Crippen LogP contribution < -0.4 is 5.73 Å². The van der Waals surface area contributed by atoms with Crippen molar-refractivity contribution in [1.29, 1.82) is 0 Å². The molecule has 0 unspecified atom stereocenters. The summed E-state index contributed by atoms with van der Waals surface area (Å²) in [5, 5.41) is 0. The Morgan fingerprint density at radius 3 is 2.40 bits per heavy atom. The van der Waals surface area contributed by atoms with Gasteiger partial charge in [0.1, 0.15) is 0 Å². The van der Waals surface area contributed by atoms with E-state index in [1.807, 2.05) is 6.92 Å². The minimum Gasteiger partial charge on any atom is -0.402 e. The lowest BCUT2D eigenvalue weighted by molar-refractivity contribution is 0.671. The van der Waals surface area contributed by atoms with Gasteiger partial charge < -0.3 is 5.73 Å². The molecule has 0 radical (unpaired) electrons. The molecule has 0 saturated carbocycles. The Balaban J connectivity index is 2.78. The maximum atomic E-state index is 5.80. The van der Waals surface area contributed by atoms with Crippen LogP contribution in [0.15, 0.2) is 23.4 Å². The van der Waals surface area contributed by atoms with Gasteiger partial charge in [0.05, 0.1) is 0 Å². The zero-order valence-corrected chi connectivity index (χ0v) is 6.61. The Bertz CT molecular complexity index is 177. The second kappa shape index (κ2) is 2.91. The van der Waals surface area contributed by atoms with Crippen molar-refractivity contribution in [1.82, 2.24) is 0 Å². The molecule has 2 N–H and O–H groups in total. The average molecular weight is 137 g/mol. The van der Waals surface area contributed by atoms with Crippen LogP contribution in [0.2, 0.25) is 0 Å². The minimum absolute atomic E-state index is 1.07. The molecular formula is C9H15N. The molecule has 1 aliphatic rings. The molecule has 10 heavy (non-hydrogen) atoms. The summed E-state index contributed by atoms with van der Waals surface area (Å²) >= 11 is 0. The van der Waals surface area contributed by atoms with E-state index in [-0.39, 0.29) is 0 Å². The molecular weight excluding hydrogens is 122 g/mol.